The van der Waals surface area contributed by atoms with Crippen molar-refractivity contribution in [3.8, 4) is 0 Å². The molecule has 0 spiro atoms. The molecular weight excluding hydrogens is 200 g/mol. The molecule has 1 amide bonds. The summed E-state index contributed by atoms with van der Waals surface area (Å²) in [5.41, 5.74) is 6.96. The van der Waals surface area contributed by atoms with Crippen molar-refractivity contribution in [2.45, 2.75) is 38.4 Å². The van der Waals surface area contributed by atoms with Crippen molar-refractivity contribution >= 4 is 5.91 Å². The smallest absolute Gasteiger partial charge is 0.242 e. The molecule has 3 atom stereocenters. The lowest BCUT2D eigenvalue weighted by Crippen LogP contribution is -2.68. The second-order valence-corrected chi connectivity index (χ2v) is 4.33. The Morgan fingerprint density at radius 3 is 2.56 bits per heavy atom. The maximum Gasteiger partial charge on any atom is 0.242 e. The molecule has 0 aromatic heterocycles. The van der Waals surface area contributed by atoms with Gasteiger partial charge in [-0.1, -0.05) is 37.3 Å². The van der Waals surface area contributed by atoms with Gasteiger partial charge in [-0.15, -0.1) is 0 Å². The standard InChI is InChI=1S/C13H18N2O/c1-3-11-12(14)13(16)15(11)9(2)10-7-5-4-6-8-10/h4-9,11-12H,3,14H2,1-2H3/t9-,11+,12+/m0/s1. The lowest BCUT2D eigenvalue weighted by molar-refractivity contribution is -0.153. The van der Waals surface area contributed by atoms with E-state index in [4.69, 9.17) is 5.73 Å². The van der Waals surface area contributed by atoms with E-state index in [0.717, 1.165) is 6.42 Å². The van der Waals surface area contributed by atoms with Crippen LogP contribution in [0.2, 0.25) is 0 Å². The molecule has 0 aliphatic carbocycles. The predicted octanol–water partition coefficient (Wildman–Crippen LogP) is 1.70. The van der Waals surface area contributed by atoms with E-state index in [1.165, 1.54) is 5.56 Å². The first-order chi connectivity index (χ1) is 7.66. The van der Waals surface area contributed by atoms with Crippen LogP contribution >= 0.6 is 0 Å². The number of β-lactam (4-membered cyclic amide) rings is 1. The highest BCUT2D eigenvalue weighted by Crippen LogP contribution is 2.32. The number of amides is 1. The molecule has 0 bridgehead atoms. The van der Waals surface area contributed by atoms with Gasteiger partial charge >= 0.3 is 0 Å². The van der Waals surface area contributed by atoms with E-state index in [2.05, 4.69) is 26.0 Å². The maximum atomic E-state index is 11.7. The van der Waals surface area contributed by atoms with Crippen LogP contribution in [0.1, 0.15) is 31.9 Å². The zero-order chi connectivity index (χ0) is 11.7. The van der Waals surface area contributed by atoms with Gasteiger partial charge in [-0.05, 0) is 18.9 Å². The summed E-state index contributed by atoms with van der Waals surface area (Å²) in [4.78, 5) is 13.6. The highest BCUT2D eigenvalue weighted by atomic mass is 16.2. The number of benzene rings is 1. The number of carbonyl (C=O) groups is 1. The van der Waals surface area contributed by atoms with Crippen LogP contribution in [-0.4, -0.2) is 22.9 Å². The highest BCUT2D eigenvalue weighted by molar-refractivity contribution is 5.89. The fraction of sp³-hybridized carbons (Fsp3) is 0.462. The summed E-state index contributed by atoms with van der Waals surface area (Å²) in [7, 11) is 0. The largest absolute Gasteiger partial charge is 0.329 e. The molecule has 0 unspecified atom stereocenters. The van der Waals surface area contributed by atoms with Crippen LogP contribution in [-0.2, 0) is 4.79 Å². The zero-order valence-corrected chi connectivity index (χ0v) is 9.76. The van der Waals surface area contributed by atoms with Gasteiger partial charge in [0.05, 0.1) is 12.1 Å². The number of hydrogen-bond donors (Lipinski definition) is 1. The average molecular weight is 218 g/mol. The van der Waals surface area contributed by atoms with Crippen LogP contribution < -0.4 is 5.73 Å². The van der Waals surface area contributed by atoms with Crippen molar-refractivity contribution in [2.75, 3.05) is 0 Å². The number of carbonyl (C=O) groups excluding carboxylic acids is 1. The van der Waals surface area contributed by atoms with Gasteiger partial charge in [0.15, 0.2) is 0 Å². The third kappa shape index (κ3) is 1.61. The maximum absolute atomic E-state index is 11.7. The molecule has 1 saturated heterocycles. The summed E-state index contributed by atoms with van der Waals surface area (Å²) >= 11 is 0. The number of hydrogen-bond acceptors (Lipinski definition) is 2. The van der Waals surface area contributed by atoms with E-state index in [1.54, 1.807) is 0 Å². The molecule has 3 heteroatoms. The summed E-state index contributed by atoms with van der Waals surface area (Å²) in [6.07, 6.45) is 0.921. The predicted molar refractivity (Wildman–Crippen MR) is 63.8 cm³/mol. The van der Waals surface area contributed by atoms with Crippen LogP contribution in [0.25, 0.3) is 0 Å². The first kappa shape index (κ1) is 11.1. The zero-order valence-electron chi connectivity index (χ0n) is 9.76. The minimum atomic E-state index is -0.295. The summed E-state index contributed by atoms with van der Waals surface area (Å²) < 4.78 is 0. The van der Waals surface area contributed by atoms with Crippen LogP contribution in [0.3, 0.4) is 0 Å². The van der Waals surface area contributed by atoms with Crippen LogP contribution in [0.4, 0.5) is 0 Å². The number of rotatable bonds is 3. The molecule has 0 radical (unpaired) electrons. The molecule has 86 valence electrons. The summed E-state index contributed by atoms with van der Waals surface area (Å²) in [5.74, 6) is 0.0724. The van der Waals surface area contributed by atoms with Crippen LogP contribution in [0.15, 0.2) is 30.3 Å². The average Bonchev–Trinajstić information content (AvgIpc) is 2.34. The second-order valence-electron chi connectivity index (χ2n) is 4.33. The van der Waals surface area contributed by atoms with Gasteiger partial charge in [-0.2, -0.15) is 0 Å². The lowest BCUT2D eigenvalue weighted by Gasteiger charge is -2.48. The van der Waals surface area contributed by atoms with Gasteiger partial charge in [-0.25, -0.2) is 0 Å². The molecule has 1 heterocycles. The van der Waals surface area contributed by atoms with E-state index in [1.807, 2.05) is 23.1 Å². The molecule has 16 heavy (non-hydrogen) atoms. The molecule has 1 aliphatic rings. The number of likely N-dealkylation sites (tertiary alicyclic amines) is 1. The Kier molecular flexibility index (Phi) is 2.97. The van der Waals surface area contributed by atoms with Crippen molar-refractivity contribution in [2.24, 2.45) is 5.73 Å². The third-order valence-corrected chi connectivity index (χ3v) is 3.43. The van der Waals surface area contributed by atoms with Gasteiger partial charge in [0.2, 0.25) is 5.91 Å². The molecule has 1 aromatic rings. The summed E-state index contributed by atoms with van der Waals surface area (Å²) in [5, 5.41) is 0. The van der Waals surface area contributed by atoms with Crippen LogP contribution in [0.5, 0.6) is 0 Å². The van der Waals surface area contributed by atoms with Gasteiger partial charge in [0.25, 0.3) is 0 Å². The molecule has 2 rings (SSSR count). The van der Waals surface area contributed by atoms with E-state index < -0.39 is 0 Å². The number of nitrogens with zero attached hydrogens (tertiary/aromatic N) is 1. The molecule has 2 N–H and O–H groups in total. The number of nitrogens with two attached hydrogens (primary N) is 1. The minimum absolute atomic E-state index is 0.0724. The van der Waals surface area contributed by atoms with Gasteiger partial charge in [0, 0.05) is 0 Å². The Morgan fingerprint density at radius 1 is 1.38 bits per heavy atom. The Morgan fingerprint density at radius 2 is 2.00 bits per heavy atom. The lowest BCUT2D eigenvalue weighted by atomic mass is 9.89. The van der Waals surface area contributed by atoms with E-state index >= 15 is 0 Å². The summed E-state index contributed by atoms with van der Waals surface area (Å²) in [6, 6.07) is 10.1. The molecule has 3 nitrogen and oxygen atoms in total. The molecule has 0 saturated carbocycles. The second kappa shape index (κ2) is 4.26. The van der Waals surface area contributed by atoms with Crippen molar-refractivity contribution in [1.29, 1.82) is 0 Å². The van der Waals surface area contributed by atoms with Crippen LogP contribution in [0, 0.1) is 0 Å². The van der Waals surface area contributed by atoms with Crippen molar-refractivity contribution in [3.63, 3.8) is 0 Å². The van der Waals surface area contributed by atoms with E-state index in [0.29, 0.717) is 0 Å². The van der Waals surface area contributed by atoms with Gasteiger partial charge in [-0.3, -0.25) is 4.79 Å². The third-order valence-electron chi connectivity index (χ3n) is 3.43. The molecule has 1 fully saturated rings. The van der Waals surface area contributed by atoms with Gasteiger partial charge in [0.1, 0.15) is 6.04 Å². The Balaban J connectivity index is 2.17. The highest BCUT2D eigenvalue weighted by Gasteiger charge is 2.45. The topological polar surface area (TPSA) is 46.3 Å². The quantitative estimate of drug-likeness (QED) is 0.785. The Hall–Kier alpha value is -1.35. The fourth-order valence-corrected chi connectivity index (χ4v) is 2.41. The normalized spacial score (nSPS) is 26.4. The molecule has 1 aromatic carbocycles. The Labute approximate surface area is 96.2 Å². The first-order valence-electron chi connectivity index (χ1n) is 5.79. The monoisotopic (exact) mass is 218 g/mol. The Bertz CT molecular complexity index is 377. The van der Waals surface area contributed by atoms with Gasteiger partial charge < -0.3 is 10.6 Å². The molecular formula is C13H18N2O. The van der Waals surface area contributed by atoms with E-state index in [9.17, 15) is 4.79 Å². The SMILES string of the molecule is CC[C@@H]1[C@@H](N)C(=O)N1[C@@H](C)c1ccccc1. The van der Waals surface area contributed by atoms with Crippen molar-refractivity contribution in [1.82, 2.24) is 4.90 Å². The molecule has 1 aliphatic heterocycles. The first-order valence-corrected chi connectivity index (χ1v) is 5.79. The van der Waals surface area contributed by atoms with Crippen molar-refractivity contribution in [3.05, 3.63) is 35.9 Å². The minimum Gasteiger partial charge on any atom is -0.329 e. The van der Waals surface area contributed by atoms with Crippen molar-refractivity contribution < 1.29 is 4.79 Å². The fourth-order valence-electron chi connectivity index (χ4n) is 2.41. The summed E-state index contributed by atoms with van der Waals surface area (Å²) in [6.45, 7) is 4.13. The van der Waals surface area contributed by atoms with E-state index in [-0.39, 0.29) is 24.0 Å².